The average molecular weight is 205 g/mol. The molecule has 1 unspecified atom stereocenters. The molecule has 1 aliphatic rings. The molecule has 72 valence electrons. The van der Waals surface area contributed by atoms with Crippen molar-refractivity contribution in [3.63, 3.8) is 0 Å². The Morgan fingerprint density at radius 3 is 2.64 bits per heavy atom. The van der Waals surface area contributed by atoms with Gasteiger partial charge in [0.05, 0.1) is 5.25 Å². The third kappa shape index (κ3) is 1.73. The van der Waals surface area contributed by atoms with E-state index in [9.17, 15) is 4.79 Å². The molecule has 0 aliphatic carbocycles. The number of hydrogen-bond acceptors (Lipinski definition) is 2. The number of rotatable bonds is 2. The molecular weight excluding hydrogens is 194 g/mol. The summed E-state index contributed by atoms with van der Waals surface area (Å²) in [6.45, 7) is 2.01. The van der Waals surface area contributed by atoms with Gasteiger partial charge in [0.1, 0.15) is 5.04 Å². The molecule has 0 bridgehead atoms. The quantitative estimate of drug-likeness (QED) is 0.742. The summed E-state index contributed by atoms with van der Waals surface area (Å²) in [6.07, 6.45) is 0.851. The number of hydrogen-bond donors (Lipinski definition) is 0. The first-order chi connectivity index (χ1) is 6.81. The second-order valence-corrected chi connectivity index (χ2v) is 4.33. The fourth-order valence-corrected chi connectivity index (χ4v) is 2.36. The van der Waals surface area contributed by atoms with Crippen LogP contribution in [0, 0.1) is 0 Å². The molecule has 1 amide bonds. The van der Waals surface area contributed by atoms with Crippen LogP contribution in [0.4, 0.5) is 0 Å². The van der Waals surface area contributed by atoms with Crippen LogP contribution in [0.2, 0.25) is 0 Å². The van der Waals surface area contributed by atoms with Crippen LogP contribution in [0.5, 0.6) is 0 Å². The third-order valence-corrected chi connectivity index (χ3v) is 3.50. The Labute approximate surface area is 87.4 Å². The van der Waals surface area contributed by atoms with Gasteiger partial charge in [-0.05, 0) is 6.42 Å². The van der Waals surface area contributed by atoms with Gasteiger partial charge in [0, 0.05) is 5.56 Å². The second-order valence-electron chi connectivity index (χ2n) is 3.14. The molecule has 0 saturated carbocycles. The monoisotopic (exact) mass is 205 g/mol. The van der Waals surface area contributed by atoms with Crippen molar-refractivity contribution in [1.29, 1.82) is 0 Å². The first kappa shape index (κ1) is 9.46. The molecule has 2 nitrogen and oxygen atoms in total. The van der Waals surface area contributed by atoms with Gasteiger partial charge < -0.3 is 0 Å². The lowest BCUT2D eigenvalue weighted by atomic mass is 10.2. The van der Waals surface area contributed by atoms with E-state index in [1.807, 2.05) is 37.3 Å². The first-order valence-electron chi connectivity index (χ1n) is 4.66. The highest BCUT2D eigenvalue weighted by molar-refractivity contribution is 8.16. The fourth-order valence-electron chi connectivity index (χ4n) is 1.35. The number of amides is 1. The molecule has 0 aromatic heterocycles. The minimum absolute atomic E-state index is 0.0105. The van der Waals surface area contributed by atoms with Crippen LogP contribution in [0.3, 0.4) is 0 Å². The number of nitrogens with zero attached hydrogens (tertiary/aromatic N) is 1. The molecule has 2 rings (SSSR count). The summed E-state index contributed by atoms with van der Waals surface area (Å²) in [5, 5.41) is 0.896. The first-order valence-corrected chi connectivity index (χ1v) is 5.54. The van der Waals surface area contributed by atoms with Crippen LogP contribution >= 0.6 is 11.8 Å². The molecule has 0 fully saturated rings. The highest BCUT2D eigenvalue weighted by atomic mass is 32.2. The molecule has 1 atom stereocenters. The summed E-state index contributed by atoms with van der Waals surface area (Å²) < 4.78 is 0. The lowest BCUT2D eigenvalue weighted by Crippen LogP contribution is -2.07. The Morgan fingerprint density at radius 1 is 1.36 bits per heavy atom. The molecule has 1 aromatic carbocycles. The lowest BCUT2D eigenvalue weighted by molar-refractivity contribution is -0.117. The van der Waals surface area contributed by atoms with Gasteiger partial charge >= 0.3 is 0 Å². The highest BCUT2D eigenvalue weighted by Crippen LogP contribution is 2.28. The van der Waals surface area contributed by atoms with E-state index < -0.39 is 0 Å². The Bertz CT molecular complexity index is 372. The number of thioether (sulfide) groups is 1. The molecule has 0 saturated heterocycles. The summed E-state index contributed by atoms with van der Waals surface area (Å²) in [6, 6.07) is 9.85. The highest BCUT2D eigenvalue weighted by Gasteiger charge is 2.26. The van der Waals surface area contributed by atoms with E-state index in [0.29, 0.717) is 0 Å². The minimum atomic E-state index is 0.0105. The van der Waals surface area contributed by atoms with Crippen molar-refractivity contribution in [2.75, 3.05) is 0 Å². The lowest BCUT2D eigenvalue weighted by Gasteiger charge is -2.01. The van der Waals surface area contributed by atoms with Crippen molar-refractivity contribution < 1.29 is 4.79 Å². The van der Waals surface area contributed by atoms with Gasteiger partial charge in [-0.15, -0.1) is 0 Å². The fraction of sp³-hybridized carbons (Fsp3) is 0.273. The number of aliphatic imine (C=N–C) groups is 1. The van der Waals surface area contributed by atoms with Gasteiger partial charge in [-0.2, -0.15) is 0 Å². The van der Waals surface area contributed by atoms with Crippen LogP contribution in [0.1, 0.15) is 18.9 Å². The van der Waals surface area contributed by atoms with Crippen LogP contribution in [-0.2, 0) is 4.79 Å². The molecule has 0 spiro atoms. The predicted octanol–water partition coefficient (Wildman–Crippen LogP) is 2.49. The van der Waals surface area contributed by atoms with E-state index in [1.165, 1.54) is 0 Å². The molecule has 1 aliphatic heterocycles. The van der Waals surface area contributed by atoms with Gasteiger partial charge in [-0.3, -0.25) is 4.79 Å². The molecule has 1 heterocycles. The van der Waals surface area contributed by atoms with Crippen LogP contribution in [0.25, 0.3) is 0 Å². The predicted molar refractivity (Wildman–Crippen MR) is 59.7 cm³/mol. The van der Waals surface area contributed by atoms with E-state index in [1.54, 1.807) is 11.8 Å². The molecule has 1 aromatic rings. The maximum absolute atomic E-state index is 11.4. The second kappa shape index (κ2) is 3.96. The van der Waals surface area contributed by atoms with Crippen LogP contribution < -0.4 is 0 Å². The number of benzene rings is 1. The Morgan fingerprint density at radius 2 is 2.07 bits per heavy atom. The van der Waals surface area contributed by atoms with E-state index in [2.05, 4.69) is 4.99 Å². The Hall–Kier alpha value is -1.09. The third-order valence-electron chi connectivity index (χ3n) is 2.13. The number of carbonyl (C=O) groups is 1. The zero-order chi connectivity index (χ0) is 9.97. The summed E-state index contributed by atoms with van der Waals surface area (Å²) in [7, 11) is 0. The normalized spacial score (nSPS) is 21.1. The van der Waals surface area contributed by atoms with E-state index in [0.717, 1.165) is 17.0 Å². The van der Waals surface area contributed by atoms with Crippen molar-refractivity contribution in [2.24, 2.45) is 4.99 Å². The summed E-state index contributed by atoms with van der Waals surface area (Å²) in [5.41, 5.74) is 1.04. The SMILES string of the molecule is CCC1SC(c2ccccc2)=NC1=O. The summed E-state index contributed by atoms with van der Waals surface area (Å²) in [4.78, 5) is 15.4. The Kier molecular flexibility index (Phi) is 2.68. The smallest absolute Gasteiger partial charge is 0.260 e. The van der Waals surface area contributed by atoms with E-state index >= 15 is 0 Å². The van der Waals surface area contributed by atoms with Crippen LogP contribution in [0.15, 0.2) is 35.3 Å². The van der Waals surface area contributed by atoms with Gasteiger partial charge in [0.15, 0.2) is 0 Å². The van der Waals surface area contributed by atoms with Crippen molar-refractivity contribution in [3.8, 4) is 0 Å². The van der Waals surface area contributed by atoms with Gasteiger partial charge in [-0.25, -0.2) is 4.99 Å². The average Bonchev–Trinajstić information content (AvgIpc) is 2.61. The molecule has 14 heavy (non-hydrogen) atoms. The maximum atomic E-state index is 11.4. The number of carbonyl (C=O) groups excluding carboxylic acids is 1. The molecule has 3 heteroatoms. The van der Waals surface area contributed by atoms with Crippen molar-refractivity contribution in [1.82, 2.24) is 0 Å². The van der Waals surface area contributed by atoms with Gasteiger partial charge in [0.25, 0.3) is 5.91 Å². The van der Waals surface area contributed by atoms with Crippen molar-refractivity contribution in [2.45, 2.75) is 18.6 Å². The standard InChI is InChI=1S/C11H11NOS/c1-2-9-10(13)12-11(14-9)8-6-4-3-5-7-8/h3-7,9H,2H2,1H3. The molecule has 0 N–H and O–H groups in total. The van der Waals surface area contributed by atoms with Gasteiger partial charge in [-0.1, -0.05) is 49.0 Å². The summed E-state index contributed by atoms with van der Waals surface area (Å²) >= 11 is 1.57. The zero-order valence-corrected chi connectivity index (χ0v) is 8.75. The molecule has 0 radical (unpaired) electrons. The van der Waals surface area contributed by atoms with E-state index in [4.69, 9.17) is 0 Å². The van der Waals surface area contributed by atoms with Gasteiger partial charge in [0.2, 0.25) is 0 Å². The van der Waals surface area contributed by atoms with E-state index in [-0.39, 0.29) is 11.2 Å². The Balaban J connectivity index is 2.23. The van der Waals surface area contributed by atoms with Crippen molar-refractivity contribution in [3.05, 3.63) is 35.9 Å². The van der Waals surface area contributed by atoms with Crippen molar-refractivity contribution >= 4 is 22.7 Å². The zero-order valence-electron chi connectivity index (χ0n) is 7.93. The minimum Gasteiger partial charge on any atom is -0.271 e. The maximum Gasteiger partial charge on any atom is 0.260 e. The largest absolute Gasteiger partial charge is 0.271 e. The summed E-state index contributed by atoms with van der Waals surface area (Å²) in [5.74, 6) is 0.0105. The molecular formula is C11H11NOS. The van der Waals surface area contributed by atoms with Crippen LogP contribution in [-0.4, -0.2) is 16.2 Å². The topological polar surface area (TPSA) is 29.4 Å².